The molecule has 1 aromatic heterocycles. The Morgan fingerprint density at radius 3 is 2.79 bits per heavy atom. The SMILES string of the molecule is CCN1CCCN(Cc2ccoc2C(=O)OC)CC1. The van der Waals surface area contributed by atoms with Crippen LogP contribution in [0.5, 0.6) is 0 Å². The first-order chi connectivity index (χ1) is 9.24. The van der Waals surface area contributed by atoms with Crippen LogP contribution in [0, 0.1) is 0 Å². The number of hydrogen-bond donors (Lipinski definition) is 0. The van der Waals surface area contributed by atoms with Gasteiger partial charge in [0.15, 0.2) is 0 Å². The van der Waals surface area contributed by atoms with E-state index in [9.17, 15) is 4.79 Å². The van der Waals surface area contributed by atoms with Gasteiger partial charge in [0, 0.05) is 25.2 Å². The molecule has 0 bridgehead atoms. The van der Waals surface area contributed by atoms with Gasteiger partial charge in [-0.25, -0.2) is 4.79 Å². The number of ether oxygens (including phenoxy) is 1. The van der Waals surface area contributed by atoms with Gasteiger partial charge in [-0.15, -0.1) is 0 Å². The van der Waals surface area contributed by atoms with Crippen molar-refractivity contribution in [1.29, 1.82) is 0 Å². The second-order valence-electron chi connectivity index (χ2n) is 4.83. The van der Waals surface area contributed by atoms with Crippen LogP contribution in [0.2, 0.25) is 0 Å². The fourth-order valence-corrected chi connectivity index (χ4v) is 2.47. The Balaban J connectivity index is 1.97. The van der Waals surface area contributed by atoms with Gasteiger partial charge in [-0.3, -0.25) is 4.90 Å². The number of esters is 1. The number of rotatable bonds is 4. The number of carbonyl (C=O) groups excluding carboxylic acids is 1. The summed E-state index contributed by atoms with van der Waals surface area (Å²) in [6, 6.07) is 1.86. The molecule has 0 saturated carbocycles. The second kappa shape index (κ2) is 6.73. The Kier molecular flexibility index (Phi) is 4.99. The number of nitrogens with zero attached hydrogens (tertiary/aromatic N) is 2. The monoisotopic (exact) mass is 266 g/mol. The van der Waals surface area contributed by atoms with Gasteiger partial charge < -0.3 is 14.1 Å². The highest BCUT2D eigenvalue weighted by molar-refractivity contribution is 5.87. The smallest absolute Gasteiger partial charge is 0.374 e. The third-order valence-electron chi connectivity index (χ3n) is 3.64. The van der Waals surface area contributed by atoms with Gasteiger partial charge in [-0.1, -0.05) is 6.92 Å². The fraction of sp³-hybridized carbons (Fsp3) is 0.643. The Bertz CT molecular complexity index is 417. The normalized spacial score (nSPS) is 18.2. The first kappa shape index (κ1) is 14.1. The highest BCUT2D eigenvalue weighted by Gasteiger charge is 2.19. The summed E-state index contributed by atoms with van der Waals surface area (Å²) >= 11 is 0. The Morgan fingerprint density at radius 1 is 1.32 bits per heavy atom. The summed E-state index contributed by atoms with van der Waals surface area (Å²) in [4.78, 5) is 16.4. The van der Waals surface area contributed by atoms with E-state index in [1.165, 1.54) is 13.5 Å². The molecule has 1 aromatic rings. The number of furan rings is 1. The first-order valence-electron chi connectivity index (χ1n) is 6.84. The molecule has 5 heteroatoms. The topological polar surface area (TPSA) is 45.9 Å². The van der Waals surface area contributed by atoms with Crippen LogP contribution in [0.3, 0.4) is 0 Å². The van der Waals surface area contributed by atoms with E-state index in [4.69, 9.17) is 9.15 Å². The molecule has 1 aliphatic rings. The third-order valence-corrected chi connectivity index (χ3v) is 3.64. The minimum Gasteiger partial charge on any atom is -0.463 e. The summed E-state index contributed by atoms with van der Waals surface area (Å²) < 4.78 is 9.94. The van der Waals surface area contributed by atoms with Gasteiger partial charge in [-0.05, 0) is 32.1 Å². The highest BCUT2D eigenvalue weighted by atomic mass is 16.5. The van der Waals surface area contributed by atoms with E-state index in [0.717, 1.165) is 44.8 Å². The molecule has 2 heterocycles. The van der Waals surface area contributed by atoms with Gasteiger partial charge in [-0.2, -0.15) is 0 Å². The molecular weight excluding hydrogens is 244 g/mol. The van der Waals surface area contributed by atoms with Crippen molar-refractivity contribution in [2.24, 2.45) is 0 Å². The van der Waals surface area contributed by atoms with Crippen molar-refractivity contribution in [3.63, 3.8) is 0 Å². The molecule has 0 unspecified atom stereocenters. The van der Waals surface area contributed by atoms with Crippen molar-refractivity contribution in [3.8, 4) is 0 Å². The maximum absolute atomic E-state index is 11.6. The van der Waals surface area contributed by atoms with E-state index in [1.807, 2.05) is 6.07 Å². The van der Waals surface area contributed by atoms with Crippen molar-refractivity contribution >= 4 is 5.97 Å². The molecule has 0 aromatic carbocycles. The van der Waals surface area contributed by atoms with E-state index in [0.29, 0.717) is 5.76 Å². The lowest BCUT2D eigenvalue weighted by Crippen LogP contribution is -2.30. The van der Waals surface area contributed by atoms with Crippen molar-refractivity contribution in [3.05, 3.63) is 23.7 Å². The first-order valence-corrected chi connectivity index (χ1v) is 6.84. The van der Waals surface area contributed by atoms with Crippen LogP contribution < -0.4 is 0 Å². The molecule has 1 aliphatic heterocycles. The molecule has 0 N–H and O–H groups in total. The van der Waals surface area contributed by atoms with Gasteiger partial charge in [0.1, 0.15) is 0 Å². The number of carbonyl (C=O) groups is 1. The lowest BCUT2D eigenvalue weighted by molar-refractivity contribution is 0.0561. The molecular formula is C14H22N2O3. The van der Waals surface area contributed by atoms with E-state index in [-0.39, 0.29) is 0 Å². The molecule has 0 aliphatic carbocycles. The van der Waals surface area contributed by atoms with E-state index in [2.05, 4.69) is 16.7 Å². The predicted molar refractivity (Wildman–Crippen MR) is 72.1 cm³/mol. The molecule has 0 radical (unpaired) electrons. The van der Waals surface area contributed by atoms with E-state index < -0.39 is 5.97 Å². The quantitative estimate of drug-likeness (QED) is 0.775. The lowest BCUT2D eigenvalue weighted by Gasteiger charge is -2.20. The summed E-state index contributed by atoms with van der Waals surface area (Å²) in [5.41, 5.74) is 0.914. The van der Waals surface area contributed by atoms with Crippen molar-refractivity contribution < 1.29 is 13.9 Å². The molecule has 1 saturated heterocycles. The largest absolute Gasteiger partial charge is 0.463 e. The van der Waals surface area contributed by atoms with Gasteiger partial charge in [0.25, 0.3) is 0 Å². The molecule has 106 valence electrons. The highest BCUT2D eigenvalue weighted by Crippen LogP contribution is 2.15. The maximum Gasteiger partial charge on any atom is 0.374 e. The lowest BCUT2D eigenvalue weighted by atomic mass is 10.2. The number of hydrogen-bond acceptors (Lipinski definition) is 5. The Morgan fingerprint density at radius 2 is 2.05 bits per heavy atom. The average molecular weight is 266 g/mol. The molecule has 1 fully saturated rings. The van der Waals surface area contributed by atoms with Crippen molar-refractivity contribution in [2.75, 3.05) is 39.8 Å². The van der Waals surface area contributed by atoms with Crippen molar-refractivity contribution in [1.82, 2.24) is 9.80 Å². The third kappa shape index (κ3) is 3.58. The van der Waals surface area contributed by atoms with Crippen LogP contribution in [-0.2, 0) is 11.3 Å². The minimum absolute atomic E-state index is 0.332. The van der Waals surface area contributed by atoms with Crippen LogP contribution in [0.25, 0.3) is 0 Å². The minimum atomic E-state index is -0.398. The summed E-state index contributed by atoms with van der Waals surface area (Å²) in [5.74, 6) is -0.0656. The fourth-order valence-electron chi connectivity index (χ4n) is 2.47. The number of likely N-dealkylation sites (N-methyl/N-ethyl adjacent to an activating group) is 1. The zero-order valence-electron chi connectivity index (χ0n) is 11.7. The molecule has 19 heavy (non-hydrogen) atoms. The Labute approximate surface area is 114 Å². The zero-order chi connectivity index (χ0) is 13.7. The van der Waals surface area contributed by atoms with Crippen LogP contribution in [0.1, 0.15) is 29.5 Å². The van der Waals surface area contributed by atoms with Gasteiger partial charge in [0.05, 0.1) is 13.4 Å². The van der Waals surface area contributed by atoms with Crippen LogP contribution in [-0.4, -0.2) is 55.6 Å². The Hall–Kier alpha value is -1.33. The van der Waals surface area contributed by atoms with E-state index >= 15 is 0 Å². The molecule has 0 amide bonds. The average Bonchev–Trinajstić information content (AvgIpc) is 2.76. The standard InChI is InChI=1S/C14H22N2O3/c1-3-15-6-4-7-16(9-8-15)11-12-5-10-19-13(12)14(17)18-2/h5,10H,3-4,6-9,11H2,1-2H3. The molecule has 0 spiro atoms. The van der Waals surface area contributed by atoms with Crippen LogP contribution >= 0.6 is 0 Å². The maximum atomic E-state index is 11.6. The predicted octanol–water partition coefficient (Wildman–Crippen LogP) is 1.59. The molecule has 0 atom stereocenters. The van der Waals surface area contributed by atoms with Gasteiger partial charge >= 0.3 is 5.97 Å². The van der Waals surface area contributed by atoms with Crippen LogP contribution in [0.15, 0.2) is 16.7 Å². The zero-order valence-corrected chi connectivity index (χ0v) is 11.7. The molecule has 2 rings (SSSR count). The number of methoxy groups -OCH3 is 1. The second-order valence-corrected chi connectivity index (χ2v) is 4.83. The van der Waals surface area contributed by atoms with Crippen molar-refractivity contribution in [2.45, 2.75) is 19.9 Å². The van der Waals surface area contributed by atoms with Crippen LogP contribution in [0.4, 0.5) is 0 Å². The summed E-state index contributed by atoms with van der Waals surface area (Å²) in [7, 11) is 1.37. The van der Waals surface area contributed by atoms with Gasteiger partial charge in [0.2, 0.25) is 5.76 Å². The summed E-state index contributed by atoms with van der Waals surface area (Å²) in [5, 5.41) is 0. The van der Waals surface area contributed by atoms with E-state index in [1.54, 1.807) is 6.26 Å². The molecule has 5 nitrogen and oxygen atoms in total. The summed E-state index contributed by atoms with van der Waals surface area (Å²) in [6.45, 7) is 8.37. The summed E-state index contributed by atoms with van der Waals surface area (Å²) in [6.07, 6.45) is 2.72.